The molecule has 22 heavy (non-hydrogen) atoms. The molecule has 1 amide bonds. The molecule has 4 heteroatoms. The number of amides is 1. The van der Waals surface area contributed by atoms with Gasteiger partial charge in [0.25, 0.3) is 0 Å². The Morgan fingerprint density at radius 1 is 1.18 bits per heavy atom. The second-order valence-electron chi connectivity index (χ2n) is 5.06. The van der Waals surface area contributed by atoms with E-state index >= 15 is 0 Å². The van der Waals surface area contributed by atoms with Gasteiger partial charge in [0.2, 0.25) is 5.91 Å². The first-order chi connectivity index (χ1) is 10.8. The first kappa shape index (κ1) is 14.2. The average molecular weight is 295 g/mol. The Morgan fingerprint density at radius 2 is 2.00 bits per heavy atom. The third-order valence-electron chi connectivity index (χ3n) is 3.55. The molecule has 0 saturated heterocycles. The van der Waals surface area contributed by atoms with Crippen molar-refractivity contribution in [2.45, 2.75) is 13.0 Å². The summed E-state index contributed by atoms with van der Waals surface area (Å²) in [4.78, 5) is 12.1. The molecule has 3 aromatic rings. The molecule has 0 aliphatic carbocycles. The molecule has 112 valence electrons. The van der Waals surface area contributed by atoms with Crippen molar-refractivity contribution in [2.75, 3.05) is 7.11 Å². The SMILES string of the molecule is COc1ccc2c(CC(=O)NCc3ccccc3)coc2c1. The summed E-state index contributed by atoms with van der Waals surface area (Å²) in [6.07, 6.45) is 1.93. The van der Waals surface area contributed by atoms with Gasteiger partial charge in [0.05, 0.1) is 19.8 Å². The zero-order chi connectivity index (χ0) is 15.4. The van der Waals surface area contributed by atoms with Gasteiger partial charge in [-0.25, -0.2) is 0 Å². The van der Waals surface area contributed by atoms with E-state index in [-0.39, 0.29) is 5.91 Å². The number of nitrogens with one attached hydrogen (secondary N) is 1. The molecule has 3 rings (SSSR count). The minimum absolute atomic E-state index is 0.0256. The van der Waals surface area contributed by atoms with Gasteiger partial charge in [-0.15, -0.1) is 0 Å². The molecule has 0 saturated carbocycles. The quantitative estimate of drug-likeness (QED) is 0.785. The van der Waals surface area contributed by atoms with Crippen LogP contribution in [0.4, 0.5) is 0 Å². The number of fused-ring (bicyclic) bond motifs is 1. The molecule has 1 aromatic heterocycles. The van der Waals surface area contributed by atoms with Crippen molar-refractivity contribution in [1.29, 1.82) is 0 Å². The fourth-order valence-electron chi connectivity index (χ4n) is 2.36. The first-order valence-corrected chi connectivity index (χ1v) is 7.11. The molecular weight excluding hydrogens is 278 g/mol. The minimum atomic E-state index is -0.0256. The van der Waals surface area contributed by atoms with Gasteiger partial charge in [-0.2, -0.15) is 0 Å². The molecule has 2 aromatic carbocycles. The van der Waals surface area contributed by atoms with Crippen LogP contribution in [-0.2, 0) is 17.8 Å². The maximum atomic E-state index is 12.1. The third-order valence-corrected chi connectivity index (χ3v) is 3.55. The summed E-state index contributed by atoms with van der Waals surface area (Å²) in [5.74, 6) is 0.712. The van der Waals surface area contributed by atoms with Crippen LogP contribution in [0.15, 0.2) is 59.2 Å². The predicted molar refractivity (Wildman–Crippen MR) is 84.8 cm³/mol. The van der Waals surface area contributed by atoms with Crippen LogP contribution in [0, 0.1) is 0 Å². The lowest BCUT2D eigenvalue weighted by Crippen LogP contribution is -2.24. The number of methoxy groups -OCH3 is 1. The highest BCUT2D eigenvalue weighted by molar-refractivity contribution is 5.88. The molecule has 4 nitrogen and oxygen atoms in total. The van der Waals surface area contributed by atoms with E-state index in [4.69, 9.17) is 9.15 Å². The van der Waals surface area contributed by atoms with Crippen LogP contribution in [-0.4, -0.2) is 13.0 Å². The highest BCUT2D eigenvalue weighted by Crippen LogP contribution is 2.25. The number of carbonyl (C=O) groups excluding carboxylic acids is 1. The predicted octanol–water partition coefficient (Wildman–Crippen LogP) is 3.30. The lowest BCUT2D eigenvalue weighted by molar-refractivity contribution is -0.120. The molecule has 0 aliphatic heterocycles. The van der Waals surface area contributed by atoms with Crippen molar-refractivity contribution in [3.8, 4) is 5.75 Å². The van der Waals surface area contributed by atoms with E-state index in [1.807, 2.05) is 48.5 Å². The largest absolute Gasteiger partial charge is 0.497 e. The van der Waals surface area contributed by atoms with Gasteiger partial charge >= 0.3 is 0 Å². The van der Waals surface area contributed by atoms with Crippen LogP contribution in [0.5, 0.6) is 5.75 Å². The number of furan rings is 1. The van der Waals surface area contributed by atoms with Gasteiger partial charge in [-0.05, 0) is 17.7 Å². The Labute approximate surface area is 128 Å². The van der Waals surface area contributed by atoms with Gasteiger partial charge in [0, 0.05) is 23.6 Å². The summed E-state index contributed by atoms with van der Waals surface area (Å²) in [6, 6.07) is 15.4. The second-order valence-corrected chi connectivity index (χ2v) is 5.06. The van der Waals surface area contributed by atoms with Crippen LogP contribution in [0.1, 0.15) is 11.1 Å². The normalized spacial score (nSPS) is 10.6. The molecule has 0 atom stereocenters. The molecule has 0 bridgehead atoms. The maximum absolute atomic E-state index is 12.1. The Morgan fingerprint density at radius 3 is 2.77 bits per heavy atom. The topological polar surface area (TPSA) is 51.5 Å². The van der Waals surface area contributed by atoms with Crippen molar-refractivity contribution >= 4 is 16.9 Å². The summed E-state index contributed by atoms with van der Waals surface area (Å²) in [5.41, 5.74) is 2.69. The minimum Gasteiger partial charge on any atom is -0.497 e. The lowest BCUT2D eigenvalue weighted by Gasteiger charge is -2.04. The molecule has 1 N–H and O–H groups in total. The van der Waals surface area contributed by atoms with E-state index in [0.717, 1.165) is 27.8 Å². The number of hydrogen-bond acceptors (Lipinski definition) is 3. The zero-order valence-electron chi connectivity index (χ0n) is 12.3. The van der Waals surface area contributed by atoms with Crippen molar-refractivity contribution in [3.05, 3.63) is 65.9 Å². The summed E-state index contributed by atoms with van der Waals surface area (Å²) < 4.78 is 10.7. The number of hydrogen-bond donors (Lipinski definition) is 1. The van der Waals surface area contributed by atoms with Crippen molar-refractivity contribution in [1.82, 2.24) is 5.32 Å². The van der Waals surface area contributed by atoms with E-state index < -0.39 is 0 Å². The number of benzene rings is 2. The molecule has 0 radical (unpaired) electrons. The van der Waals surface area contributed by atoms with E-state index in [1.165, 1.54) is 0 Å². The van der Waals surface area contributed by atoms with Gasteiger partial charge in [-0.1, -0.05) is 30.3 Å². The highest BCUT2D eigenvalue weighted by Gasteiger charge is 2.11. The number of carbonyl (C=O) groups is 1. The smallest absolute Gasteiger partial charge is 0.224 e. The molecule has 1 heterocycles. The van der Waals surface area contributed by atoms with Crippen LogP contribution >= 0.6 is 0 Å². The Kier molecular flexibility index (Phi) is 4.10. The van der Waals surface area contributed by atoms with E-state index in [1.54, 1.807) is 13.4 Å². The molecule has 0 fully saturated rings. The lowest BCUT2D eigenvalue weighted by atomic mass is 10.1. The van der Waals surface area contributed by atoms with Crippen LogP contribution in [0.2, 0.25) is 0 Å². The first-order valence-electron chi connectivity index (χ1n) is 7.11. The summed E-state index contributed by atoms with van der Waals surface area (Å²) >= 11 is 0. The number of ether oxygens (including phenoxy) is 1. The maximum Gasteiger partial charge on any atom is 0.224 e. The Hall–Kier alpha value is -2.75. The van der Waals surface area contributed by atoms with Gasteiger partial charge in [0.15, 0.2) is 0 Å². The molecule has 0 unspecified atom stereocenters. The molecule has 0 spiro atoms. The summed E-state index contributed by atoms with van der Waals surface area (Å²) in [6.45, 7) is 0.531. The van der Waals surface area contributed by atoms with Crippen molar-refractivity contribution < 1.29 is 13.9 Å². The van der Waals surface area contributed by atoms with Gasteiger partial charge < -0.3 is 14.5 Å². The number of rotatable bonds is 5. The standard InChI is InChI=1S/C18H17NO3/c1-21-15-7-8-16-14(12-22-17(16)10-15)9-18(20)19-11-13-5-3-2-4-6-13/h2-8,10,12H,9,11H2,1H3,(H,19,20). The zero-order valence-corrected chi connectivity index (χ0v) is 12.3. The molecular formula is C18H17NO3. The third kappa shape index (κ3) is 3.11. The van der Waals surface area contributed by atoms with E-state index in [0.29, 0.717) is 13.0 Å². The monoisotopic (exact) mass is 295 g/mol. The van der Waals surface area contributed by atoms with Gasteiger partial charge in [-0.3, -0.25) is 4.79 Å². The summed E-state index contributed by atoms with van der Waals surface area (Å²) in [5, 5.41) is 3.86. The van der Waals surface area contributed by atoms with Crippen LogP contribution in [0.3, 0.4) is 0 Å². The van der Waals surface area contributed by atoms with Crippen molar-refractivity contribution in [2.24, 2.45) is 0 Å². The fraction of sp³-hybridized carbons (Fsp3) is 0.167. The molecule has 0 aliphatic rings. The summed E-state index contributed by atoms with van der Waals surface area (Å²) in [7, 11) is 1.61. The average Bonchev–Trinajstić information content (AvgIpc) is 2.96. The Balaban J connectivity index is 1.66. The second kappa shape index (κ2) is 6.35. The van der Waals surface area contributed by atoms with Crippen LogP contribution < -0.4 is 10.1 Å². The fourth-order valence-corrected chi connectivity index (χ4v) is 2.36. The Bertz CT molecular complexity index is 777. The highest BCUT2D eigenvalue weighted by atomic mass is 16.5. The van der Waals surface area contributed by atoms with Gasteiger partial charge in [0.1, 0.15) is 11.3 Å². The van der Waals surface area contributed by atoms with E-state index in [9.17, 15) is 4.79 Å². The van der Waals surface area contributed by atoms with E-state index in [2.05, 4.69) is 5.32 Å². The van der Waals surface area contributed by atoms with Crippen LogP contribution in [0.25, 0.3) is 11.0 Å². The van der Waals surface area contributed by atoms with Crippen molar-refractivity contribution in [3.63, 3.8) is 0 Å².